The van der Waals surface area contributed by atoms with Gasteiger partial charge in [-0.3, -0.25) is 4.79 Å². The number of nitrogens with one attached hydrogen (secondary N) is 1. The lowest BCUT2D eigenvalue weighted by atomic mass is 10.2. The first-order valence-electron chi connectivity index (χ1n) is 6.48. The highest BCUT2D eigenvalue weighted by molar-refractivity contribution is 5.69. The van der Waals surface area contributed by atoms with Crippen molar-refractivity contribution in [1.29, 1.82) is 0 Å². The minimum absolute atomic E-state index is 0.136. The summed E-state index contributed by atoms with van der Waals surface area (Å²) in [5.74, 6) is 0.417. The van der Waals surface area contributed by atoms with Crippen molar-refractivity contribution in [3.8, 4) is 11.5 Å². The molecule has 106 valence electrons. The largest absolute Gasteiger partial charge is 0.504 e. The van der Waals surface area contributed by atoms with Gasteiger partial charge < -0.3 is 19.9 Å². The minimum atomic E-state index is -0.198. The lowest BCUT2D eigenvalue weighted by Crippen LogP contribution is -2.19. The smallest absolute Gasteiger partial charge is 0.307 e. The second-order valence-corrected chi connectivity index (χ2v) is 3.97. The summed E-state index contributed by atoms with van der Waals surface area (Å²) in [7, 11) is 0. The molecule has 0 bridgehead atoms. The van der Waals surface area contributed by atoms with Crippen LogP contribution >= 0.6 is 0 Å². The van der Waals surface area contributed by atoms with Crippen LogP contribution in [0.5, 0.6) is 11.5 Å². The maximum Gasteiger partial charge on any atom is 0.307 e. The van der Waals surface area contributed by atoms with Crippen LogP contribution in [0.25, 0.3) is 0 Å². The third-order valence-electron chi connectivity index (χ3n) is 2.46. The van der Waals surface area contributed by atoms with Crippen molar-refractivity contribution >= 4 is 5.97 Å². The maximum absolute atomic E-state index is 11.1. The fraction of sp³-hybridized carbons (Fsp3) is 0.500. The summed E-state index contributed by atoms with van der Waals surface area (Å²) in [6, 6.07) is 5.21. The SMILES string of the molecule is CCOC(=O)CCNCc1ccc(O)c(OCC)c1. The number of hydrogen-bond acceptors (Lipinski definition) is 5. The zero-order chi connectivity index (χ0) is 14.1. The van der Waals surface area contributed by atoms with E-state index < -0.39 is 0 Å². The molecule has 5 heteroatoms. The molecule has 0 aliphatic carbocycles. The first-order chi connectivity index (χ1) is 9.17. The number of ether oxygens (including phenoxy) is 2. The average molecular weight is 267 g/mol. The van der Waals surface area contributed by atoms with Crippen LogP contribution in [-0.4, -0.2) is 30.8 Å². The number of esters is 1. The Bertz CT molecular complexity index is 406. The molecule has 0 fully saturated rings. The monoisotopic (exact) mass is 267 g/mol. The molecule has 0 aliphatic rings. The molecule has 0 saturated heterocycles. The van der Waals surface area contributed by atoms with E-state index in [1.807, 2.05) is 13.0 Å². The molecule has 19 heavy (non-hydrogen) atoms. The van der Waals surface area contributed by atoms with Crippen LogP contribution < -0.4 is 10.1 Å². The second-order valence-electron chi connectivity index (χ2n) is 3.97. The number of benzene rings is 1. The third kappa shape index (κ3) is 5.61. The molecule has 2 N–H and O–H groups in total. The van der Waals surface area contributed by atoms with Gasteiger partial charge in [-0.25, -0.2) is 0 Å². The Hall–Kier alpha value is -1.75. The highest BCUT2D eigenvalue weighted by Gasteiger charge is 2.04. The van der Waals surface area contributed by atoms with E-state index >= 15 is 0 Å². The third-order valence-corrected chi connectivity index (χ3v) is 2.46. The Balaban J connectivity index is 2.37. The first-order valence-corrected chi connectivity index (χ1v) is 6.48. The molecule has 0 aromatic heterocycles. The van der Waals surface area contributed by atoms with Crippen molar-refractivity contribution < 1.29 is 19.4 Å². The second kappa shape index (κ2) is 8.37. The van der Waals surface area contributed by atoms with E-state index in [1.165, 1.54) is 0 Å². The fourth-order valence-corrected chi connectivity index (χ4v) is 1.60. The van der Waals surface area contributed by atoms with Gasteiger partial charge in [-0.1, -0.05) is 6.07 Å². The van der Waals surface area contributed by atoms with E-state index in [9.17, 15) is 9.90 Å². The van der Waals surface area contributed by atoms with E-state index in [-0.39, 0.29) is 11.7 Å². The Kier molecular flexibility index (Phi) is 6.74. The van der Waals surface area contributed by atoms with E-state index in [4.69, 9.17) is 9.47 Å². The summed E-state index contributed by atoms with van der Waals surface area (Å²) in [6.45, 7) is 5.74. The van der Waals surface area contributed by atoms with Gasteiger partial charge in [-0.2, -0.15) is 0 Å². The molecule has 0 amide bonds. The molecule has 0 spiro atoms. The number of phenolic OH excluding ortho intramolecular Hbond substituents is 1. The molecule has 0 radical (unpaired) electrons. The molecule has 0 heterocycles. The van der Waals surface area contributed by atoms with Crippen molar-refractivity contribution in [3.63, 3.8) is 0 Å². The van der Waals surface area contributed by atoms with Gasteiger partial charge in [0.1, 0.15) is 0 Å². The number of phenols is 1. The summed E-state index contributed by atoms with van der Waals surface area (Å²) in [5.41, 5.74) is 0.991. The van der Waals surface area contributed by atoms with Crippen LogP contribution in [0.3, 0.4) is 0 Å². The van der Waals surface area contributed by atoms with Gasteiger partial charge in [-0.05, 0) is 31.5 Å². The quantitative estimate of drug-likeness (QED) is 0.555. The van der Waals surface area contributed by atoms with Gasteiger partial charge >= 0.3 is 5.97 Å². The summed E-state index contributed by atoms with van der Waals surface area (Å²) in [4.78, 5) is 11.1. The van der Waals surface area contributed by atoms with Gasteiger partial charge in [0.15, 0.2) is 11.5 Å². The zero-order valence-corrected chi connectivity index (χ0v) is 11.4. The van der Waals surface area contributed by atoms with E-state index in [0.717, 1.165) is 5.56 Å². The highest BCUT2D eigenvalue weighted by atomic mass is 16.5. The summed E-state index contributed by atoms with van der Waals surface area (Å²) < 4.78 is 10.1. The summed E-state index contributed by atoms with van der Waals surface area (Å²) in [6.07, 6.45) is 0.351. The van der Waals surface area contributed by atoms with Gasteiger partial charge in [0, 0.05) is 13.1 Å². The lowest BCUT2D eigenvalue weighted by Gasteiger charge is -2.09. The normalized spacial score (nSPS) is 10.2. The molecule has 1 rings (SSSR count). The number of hydrogen-bond donors (Lipinski definition) is 2. The van der Waals surface area contributed by atoms with Crippen LogP contribution in [0.4, 0.5) is 0 Å². The van der Waals surface area contributed by atoms with E-state index in [1.54, 1.807) is 19.1 Å². The topological polar surface area (TPSA) is 67.8 Å². The Labute approximate surface area is 113 Å². The fourth-order valence-electron chi connectivity index (χ4n) is 1.60. The Morgan fingerprint density at radius 3 is 2.79 bits per heavy atom. The first kappa shape index (κ1) is 15.3. The zero-order valence-electron chi connectivity index (χ0n) is 11.4. The van der Waals surface area contributed by atoms with Crippen molar-refractivity contribution in [2.75, 3.05) is 19.8 Å². The van der Waals surface area contributed by atoms with Crippen LogP contribution in [0.15, 0.2) is 18.2 Å². The number of carbonyl (C=O) groups is 1. The van der Waals surface area contributed by atoms with Crippen LogP contribution in [0.1, 0.15) is 25.8 Å². The minimum Gasteiger partial charge on any atom is -0.504 e. The average Bonchev–Trinajstić information content (AvgIpc) is 2.39. The standard InChI is InChI=1S/C14H21NO4/c1-3-18-13-9-11(5-6-12(13)16)10-15-8-7-14(17)19-4-2/h5-6,9,15-16H,3-4,7-8,10H2,1-2H3. The molecule has 0 aliphatic heterocycles. The molecule has 1 aromatic rings. The van der Waals surface area contributed by atoms with Crippen LogP contribution in [0.2, 0.25) is 0 Å². The molecular weight excluding hydrogens is 246 g/mol. The number of carbonyl (C=O) groups excluding carboxylic acids is 1. The van der Waals surface area contributed by atoms with Gasteiger partial charge in [0.2, 0.25) is 0 Å². The molecule has 5 nitrogen and oxygen atoms in total. The number of aromatic hydroxyl groups is 1. The highest BCUT2D eigenvalue weighted by Crippen LogP contribution is 2.26. The number of rotatable bonds is 8. The Morgan fingerprint density at radius 2 is 2.11 bits per heavy atom. The van der Waals surface area contributed by atoms with Gasteiger partial charge in [0.05, 0.1) is 19.6 Å². The van der Waals surface area contributed by atoms with Gasteiger partial charge in [0.25, 0.3) is 0 Å². The molecular formula is C14H21NO4. The predicted molar refractivity (Wildman–Crippen MR) is 72.2 cm³/mol. The molecule has 0 unspecified atom stereocenters. The van der Waals surface area contributed by atoms with E-state index in [0.29, 0.717) is 38.5 Å². The van der Waals surface area contributed by atoms with Crippen molar-refractivity contribution in [1.82, 2.24) is 5.32 Å². The van der Waals surface area contributed by atoms with Crippen LogP contribution in [0, 0.1) is 0 Å². The lowest BCUT2D eigenvalue weighted by molar-refractivity contribution is -0.142. The van der Waals surface area contributed by atoms with Crippen molar-refractivity contribution in [3.05, 3.63) is 23.8 Å². The summed E-state index contributed by atoms with van der Waals surface area (Å²) in [5, 5.41) is 12.7. The maximum atomic E-state index is 11.1. The molecule has 0 saturated carbocycles. The van der Waals surface area contributed by atoms with Gasteiger partial charge in [-0.15, -0.1) is 0 Å². The predicted octanol–water partition coefficient (Wildman–Crippen LogP) is 1.83. The Morgan fingerprint density at radius 1 is 1.32 bits per heavy atom. The van der Waals surface area contributed by atoms with E-state index in [2.05, 4.69) is 5.32 Å². The van der Waals surface area contributed by atoms with Crippen molar-refractivity contribution in [2.24, 2.45) is 0 Å². The molecule has 0 atom stereocenters. The van der Waals surface area contributed by atoms with Crippen molar-refractivity contribution in [2.45, 2.75) is 26.8 Å². The van der Waals surface area contributed by atoms with Crippen LogP contribution in [-0.2, 0) is 16.1 Å². The molecule has 1 aromatic carbocycles. The summed E-state index contributed by atoms with van der Waals surface area (Å²) >= 11 is 0.